The Hall–Kier alpha value is -3.28. The van der Waals surface area contributed by atoms with E-state index < -0.39 is 9.84 Å². The molecule has 1 aliphatic rings. The van der Waals surface area contributed by atoms with E-state index in [1.807, 2.05) is 44.2 Å². The lowest BCUT2D eigenvalue weighted by atomic mass is 10.1. The summed E-state index contributed by atoms with van der Waals surface area (Å²) in [5, 5.41) is 16.6. The summed E-state index contributed by atoms with van der Waals surface area (Å²) >= 11 is 0. The van der Waals surface area contributed by atoms with Gasteiger partial charge in [-0.05, 0) is 37.6 Å². The van der Waals surface area contributed by atoms with Crippen LogP contribution in [0, 0.1) is 13.8 Å². The van der Waals surface area contributed by atoms with E-state index in [-0.39, 0.29) is 36.6 Å². The number of carbonyl (C=O) groups excluding carboxylic acids is 1. The van der Waals surface area contributed by atoms with Gasteiger partial charge in [-0.2, -0.15) is 9.90 Å². The molecule has 0 aliphatic carbocycles. The summed E-state index contributed by atoms with van der Waals surface area (Å²) < 4.78 is 31.1. The van der Waals surface area contributed by atoms with Gasteiger partial charge in [-0.25, -0.2) is 8.42 Å². The van der Waals surface area contributed by atoms with Crippen LogP contribution < -0.4 is 4.74 Å². The maximum Gasteiger partial charge on any atom is 0.246 e. The molecule has 1 aromatic carbocycles. The van der Waals surface area contributed by atoms with Gasteiger partial charge in [0.15, 0.2) is 16.4 Å². The summed E-state index contributed by atoms with van der Waals surface area (Å²) in [4.78, 5) is 15.6. The highest BCUT2D eigenvalue weighted by molar-refractivity contribution is 7.91. The fourth-order valence-corrected chi connectivity index (χ4v) is 5.57. The summed E-state index contributed by atoms with van der Waals surface area (Å²) in [6.07, 6.45) is 0.562. The van der Waals surface area contributed by atoms with Crippen LogP contribution in [-0.2, 0) is 34.3 Å². The molecule has 12 heteroatoms. The molecule has 0 N–H and O–H groups in total. The average molecular weight is 474 g/mol. The van der Waals surface area contributed by atoms with E-state index in [2.05, 4.69) is 20.5 Å². The largest absolute Gasteiger partial charge is 0.485 e. The normalized spacial score (nSPS) is 17.2. The second kappa shape index (κ2) is 9.30. The van der Waals surface area contributed by atoms with Crippen LogP contribution in [0.5, 0.6) is 5.75 Å². The number of para-hydroxylation sites is 1. The Balaban J connectivity index is 1.35. The Morgan fingerprint density at radius 1 is 1.21 bits per heavy atom. The first kappa shape index (κ1) is 22.9. The number of hydrogen-bond donors (Lipinski definition) is 0. The zero-order chi connectivity index (χ0) is 23.6. The lowest BCUT2D eigenvalue weighted by molar-refractivity contribution is -0.131. The van der Waals surface area contributed by atoms with Crippen molar-refractivity contribution in [3.8, 4) is 5.75 Å². The maximum absolute atomic E-state index is 12.7. The Morgan fingerprint density at radius 2 is 1.97 bits per heavy atom. The van der Waals surface area contributed by atoms with Crippen molar-refractivity contribution in [2.45, 2.75) is 46.0 Å². The van der Waals surface area contributed by atoms with Crippen molar-refractivity contribution in [2.75, 3.05) is 18.6 Å². The van der Waals surface area contributed by atoms with Crippen LogP contribution in [0.15, 0.2) is 30.3 Å². The number of ether oxygens (including phenoxy) is 1. The van der Waals surface area contributed by atoms with Gasteiger partial charge in [0, 0.05) is 24.8 Å². The molecular weight excluding hydrogens is 446 g/mol. The van der Waals surface area contributed by atoms with Gasteiger partial charge in [-0.3, -0.25) is 9.48 Å². The van der Waals surface area contributed by atoms with Gasteiger partial charge >= 0.3 is 0 Å². The van der Waals surface area contributed by atoms with Crippen LogP contribution in [0.4, 0.5) is 0 Å². The van der Waals surface area contributed by atoms with Crippen molar-refractivity contribution < 1.29 is 17.9 Å². The van der Waals surface area contributed by atoms with Crippen molar-refractivity contribution in [3.05, 3.63) is 53.1 Å². The smallest absolute Gasteiger partial charge is 0.246 e. The van der Waals surface area contributed by atoms with Gasteiger partial charge in [0.05, 0.1) is 23.2 Å². The maximum atomic E-state index is 12.7. The molecule has 176 valence electrons. The van der Waals surface area contributed by atoms with Crippen LogP contribution in [0.25, 0.3) is 0 Å². The Bertz CT molecular complexity index is 1240. The van der Waals surface area contributed by atoms with Crippen LogP contribution in [-0.4, -0.2) is 67.8 Å². The van der Waals surface area contributed by atoms with E-state index in [1.54, 1.807) is 16.6 Å². The molecule has 33 heavy (non-hydrogen) atoms. The molecule has 11 nitrogen and oxygen atoms in total. The third-order valence-electron chi connectivity index (χ3n) is 5.73. The molecule has 1 amide bonds. The minimum absolute atomic E-state index is 0.0536. The number of likely N-dealkylation sites (N-methyl/N-ethyl adjacent to an activating group) is 1. The van der Waals surface area contributed by atoms with Gasteiger partial charge < -0.3 is 9.64 Å². The fourth-order valence-electron chi connectivity index (χ4n) is 3.88. The molecule has 4 rings (SSSR count). The molecule has 0 spiro atoms. The summed E-state index contributed by atoms with van der Waals surface area (Å²) in [7, 11) is -1.31. The number of nitrogens with zero attached hydrogens (tertiary/aromatic N) is 7. The first-order chi connectivity index (χ1) is 15.7. The highest BCUT2D eigenvalue weighted by Crippen LogP contribution is 2.27. The van der Waals surface area contributed by atoms with E-state index in [0.717, 1.165) is 17.0 Å². The summed E-state index contributed by atoms with van der Waals surface area (Å²) in [5.41, 5.74) is 2.59. The Kier molecular flexibility index (Phi) is 6.45. The SMILES string of the molecule is Cc1nn([C@H]2CCS(=O)(=O)C2)c(C)c1CN(C)C(=O)Cn1nnc(COc2ccccc2)n1. The predicted molar refractivity (Wildman–Crippen MR) is 119 cm³/mol. The summed E-state index contributed by atoms with van der Waals surface area (Å²) in [6.45, 7) is 4.24. The number of sulfone groups is 1. The molecule has 0 saturated carbocycles. The molecular formula is C21H27N7O4S. The number of rotatable bonds is 8. The van der Waals surface area contributed by atoms with Crippen molar-refractivity contribution in [1.82, 2.24) is 34.9 Å². The molecule has 3 aromatic rings. The van der Waals surface area contributed by atoms with Crippen LogP contribution >= 0.6 is 0 Å². The average Bonchev–Trinajstić information content (AvgIpc) is 3.46. The van der Waals surface area contributed by atoms with E-state index in [1.165, 1.54) is 4.80 Å². The number of hydrogen-bond acceptors (Lipinski definition) is 8. The third kappa shape index (κ3) is 5.38. The molecule has 1 atom stereocenters. The molecule has 1 aliphatic heterocycles. The first-order valence-corrected chi connectivity index (χ1v) is 12.5. The monoisotopic (exact) mass is 473 g/mol. The zero-order valence-corrected chi connectivity index (χ0v) is 19.7. The lowest BCUT2D eigenvalue weighted by Crippen LogP contribution is -2.31. The van der Waals surface area contributed by atoms with Crippen molar-refractivity contribution in [1.29, 1.82) is 0 Å². The predicted octanol–water partition coefficient (Wildman–Crippen LogP) is 1.08. The quantitative estimate of drug-likeness (QED) is 0.476. The van der Waals surface area contributed by atoms with Gasteiger partial charge in [0.1, 0.15) is 12.3 Å². The van der Waals surface area contributed by atoms with Crippen LogP contribution in [0.1, 0.15) is 35.2 Å². The van der Waals surface area contributed by atoms with Gasteiger partial charge in [0.2, 0.25) is 11.7 Å². The first-order valence-electron chi connectivity index (χ1n) is 10.7. The highest BCUT2D eigenvalue weighted by Gasteiger charge is 2.31. The molecule has 3 heterocycles. The van der Waals surface area contributed by atoms with E-state index in [0.29, 0.717) is 24.5 Å². The van der Waals surface area contributed by atoms with Gasteiger partial charge in [-0.1, -0.05) is 18.2 Å². The topological polar surface area (TPSA) is 125 Å². The number of benzene rings is 1. The Labute approximate surface area is 192 Å². The Morgan fingerprint density at radius 3 is 2.67 bits per heavy atom. The number of aryl methyl sites for hydroxylation is 1. The molecule has 0 bridgehead atoms. The van der Waals surface area contributed by atoms with Crippen molar-refractivity contribution in [3.63, 3.8) is 0 Å². The number of carbonyl (C=O) groups is 1. The molecule has 2 aromatic heterocycles. The lowest BCUT2D eigenvalue weighted by Gasteiger charge is -2.17. The minimum Gasteiger partial charge on any atom is -0.485 e. The third-order valence-corrected chi connectivity index (χ3v) is 7.48. The number of tetrazole rings is 1. The van der Waals surface area contributed by atoms with Crippen molar-refractivity contribution in [2.24, 2.45) is 0 Å². The standard InChI is InChI=1S/C21H27N7O4S/c1-15-19(16(2)28(23-15)17-9-10-33(30,31)14-17)11-26(3)21(29)12-27-24-20(22-25-27)13-32-18-7-5-4-6-8-18/h4-8,17H,9-14H2,1-3H3/t17-/m0/s1. The van der Waals surface area contributed by atoms with Gasteiger partial charge in [0.25, 0.3) is 0 Å². The highest BCUT2D eigenvalue weighted by atomic mass is 32.2. The minimum atomic E-state index is -3.01. The second-order valence-corrected chi connectivity index (χ2v) is 10.5. The second-order valence-electron chi connectivity index (χ2n) is 8.24. The molecule has 0 radical (unpaired) electrons. The molecule has 1 saturated heterocycles. The van der Waals surface area contributed by atoms with Gasteiger partial charge in [-0.15, -0.1) is 10.2 Å². The number of amides is 1. The van der Waals surface area contributed by atoms with Crippen LogP contribution in [0.3, 0.4) is 0 Å². The fraction of sp³-hybridized carbons (Fsp3) is 0.476. The van der Waals surface area contributed by atoms with E-state index in [9.17, 15) is 13.2 Å². The van der Waals surface area contributed by atoms with E-state index in [4.69, 9.17) is 4.74 Å². The van der Waals surface area contributed by atoms with E-state index >= 15 is 0 Å². The number of aromatic nitrogens is 6. The molecule has 1 fully saturated rings. The summed E-state index contributed by atoms with van der Waals surface area (Å²) in [5.74, 6) is 1.20. The van der Waals surface area contributed by atoms with Crippen LogP contribution in [0.2, 0.25) is 0 Å². The van der Waals surface area contributed by atoms with Crippen molar-refractivity contribution >= 4 is 15.7 Å². The molecule has 0 unspecified atom stereocenters. The summed E-state index contributed by atoms with van der Waals surface area (Å²) in [6, 6.07) is 9.16. The zero-order valence-electron chi connectivity index (χ0n) is 18.9.